The van der Waals surface area contributed by atoms with Crippen LogP contribution in [0.2, 0.25) is 0 Å². The maximum Gasteiger partial charge on any atom is 0.111 e. The first-order valence-corrected chi connectivity index (χ1v) is 5.07. The normalized spacial score (nSPS) is 12.7. The van der Waals surface area contributed by atoms with E-state index in [1.54, 1.807) is 12.3 Å². The van der Waals surface area contributed by atoms with E-state index in [4.69, 9.17) is 0 Å². The summed E-state index contributed by atoms with van der Waals surface area (Å²) in [6.07, 6.45) is 7.44. The summed E-state index contributed by atoms with van der Waals surface area (Å²) in [5.74, 6) is 0.959. The van der Waals surface area contributed by atoms with E-state index in [0.29, 0.717) is 12.8 Å². The third-order valence-corrected chi connectivity index (χ3v) is 2.12. The lowest BCUT2D eigenvalue weighted by atomic mass is 10.2. The van der Waals surface area contributed by atoms with E-state index in [2.05, 4.69) is 23.1 Å². The summed E-state index contributed by atoms with van der Waals surface area (Å²) in [6, 6.07) is 0. The summed E-state index contributed by atoms with van der Waals surface area (Å²) in [5.41, 5.74) is 0. The fraction of sp³-hybridized carbons (Fsp3) is 0.545. The van der Waals surface area contributed by atoms with Crippen molar-refractivity contribution in [2.45, 2.75) is 38.8 Å². The van der Waals surface area contributed by atoms with Gasteiger partial charge in [-0.2, -0.15) is 0 Å². The second-order valence-corrected chi connectivity index (χ2v) is 3.42. The summed E-state index contributed by atoms with van der Waals surface area (Å²) in [5, 5.41) is 9.59. The molecule has 1 heterocycles. The largest absolute Gasteiger partial charge is 0.392 e. The van der Waals surface area contributed by atoms with E-state index in [9.17, 15) is 5.11 Å². The first-order valence-electron chi connectivity index (χ1n) is 5.07. The number of rotatable bonds is 6. The van der Waals surface area contributed by atoms with Gasteiger partial charge in [-0.15, -0.1) is 6.58 Å². The molecule has 1 aromatic rings. The van der Waals surface area contributed by atoms with E-state index < -0.39 is 0 Å². The van der Waals surface area contributed by atoms with Crippen LogP contribution < -0.4 is 0 Å². The predicted molar refractivity (Wildman–Crippen MR) is 57.0 cm³/mol. The Labute approximate surface area is 85.1 Å². The van der Waals surface area contributed by atoms with Gasteiger partial charge in [-0.1, -0.05) is 13.0 Å². The van der Waals surface area contributed by atoms with Gasteiger partial charge in [0.25, 0.3) is 0 Å². The average molecular weight is 194 g/mol. The molecule has 14 heavy (non-hydrogen) atoms. The zero-order valence-corrected chi connectivity index (χ0v) is 8.69. The van der Waals surface area contributed by atoms with Gasteiger partial charge in [0.15, 0.2) is 0 Å². The van der Waals surface area contributed by atoms with E-state index in [1.807, 2.05) is 6.20 Å². The molecular weight excluding hydrogens is 176 g/mol. The SMILES string of the molecule is C=CCC(O)Cc1nccn1CCC. The standard InChI is InChI=1S/C11H18N2O/c1-3-5-10(14)9-11-12-6-8-13(11)7-4-2/h3,6,8,10,14H,1,4-5,7,9H2,2H3. The molecule has 0 amide bonds. The lowest BCUT2D eigenvalue weighted by Crippen LogP contribution is -2.13. The number of imidazole rings is 1. The zero-order valence-electron chi connectivity index (χ0n) is 8.69. The van der Waals surface area contributed by atoms with E-state index in [0.717, 1.165) is 18.8 Å². The van der Waals surface area contributed by atoms with Gasteiger partial charge in [0.05, 0.1) is 6.10 Å². The summed E-state index contributed by atoms with van der Waals surface area (Å²) in [6.45, 7) is 6.70. The first-order chi connectivity index (χ1) is 6.77. The van der Waals surface area contributed by atoms with Crippen molar-refractivity contribution in [2.75, 3.05) is 0 Å². The Morgan fingerprint density at radius 3 is 3.14 bits per heavy atom. The minimum atomic E-state index is -0.356. The quantitative estimate of drug-likeness (QED) is 0.701. The van der Waals surface area contributed by atoms with Crippen LogP contribution in [0.5, 0.6) is 0 Å². The minimum absolute atomic E-state index is 0.356. The fourth-order valence-corrected chi connectivity index (χ4v) is 1.46. The third-order valence-electron chi connectivity index (χ3n) is 2.12. The van der Waals surface area contributed by atoms with Crippen LogP contribution in [0.4, 0.5) is 0 Å². The van der Waals surface area contributed by atoms with Gasteiger partial charge >= 0.3 is 0 Å². The third kappa shape index (κ3) is 3.00. The van der Waals surface area contributed by atoms with Gasteiger partial charge in [0, 0.05) is 25.4 Å². The van der Waals surface area contributed by atoms with Crippen molar-refractivity contribution >= 4 is 0 Å². The van der Waals surface area contributed by atoms with Crippen LogP contribution >= 0.6 is 0 Å². The van der Waals surface area contributed by atoms with Crippen molar-refractivity contribution in [1.29, 1.82) is 0 Å². The molecule has 78 valence electrons. The molecule has 0 aliphatic carbocycles. The smallest absolute Gasteiger partial charge is 0.111 e. The molecule has 1 unspecified atom stereocenters. The van der Waals surface area contributed by atoms with Crippen LogP contribution in [0.15, 0.2) is 25.0 Å². The van der Waals surface area contributed by atoms with E-state index in [-0.39, 0.29) is 6.10 Å². The predicted octanol–water partition coefficient (Wildman–Crippen LogP) is 1.77. The number of aryl methyl sites for hydroxylation is 1. The molecule has 0 aromatic carbocycles. The fourth-order valence-electron chi connectivity index (χ4n) is 1.46. The average Bonchev–Trinajstić information content (AvgIpc) is 2.54. The second-order valence-electron chi connectivity index (χ2n) is 3.42. The molecule has 3 nitrogen and oxygen atoms in total. The van der Waals surface area contributed by atoms with Crippen molar-refractivity contribution in [2.24, 2.45) is 0 Å². The molecule has 1 rings (SSSR count). The summed E-state index contributed by atoms with van der Waals surface area (Å²) in [7, 11) is 0. The first kappa shape index (κ1) is 11.0. The van der Waals surface area contributed by atoms with Crippen LogP contribution in [0, 0.1) is 0 Å². The van der Waals surface area contributed by atoms with Crippen LogP contribution in [0.3, 0.4) is 0 Å². The van der Waals surface area contributed by atoms with Crippen LogP contribution in [-0.4, -0.2) is 20.8 Å². The molecule has 0 spiro atoms. The maximum absolute atomic E-state index is 9.59. The molecule has 0 saturated heterocycles. The van der Waals surface area contributed by atoms with Crippen molar-refractivity contribution in [1.82, 2.24) is 9.55 Å². The Kier molecular flexibility index (Phi) is 4.40. The molecule has 0 aliphatic heterocycles. The highest BCUT2D eigenvalue weighted by molar-refractivity contribution is 4.95. The number of aliphatic hydroxyl groups is 1. The molecule has 0 saturated carbocycles. The number of hydrogen-bond donors (Lipinski definition) is 1. The molecule has 0 fully saturated rings. The van der Waals surface area contributed by atoms with Crippen LogP contribution in [0.25, 0.3) is 0 Å². The highest BCUT2D eigenvalue weighted by atomic mass is 16.3. The number of aliphatic hydroxyl groups excluding tert-OH is 1. The van der Waals surface area contributed by atoms with Gasteiger partial charge in [0.2, 0.25) is 0 Å². The Hall–Kier alpha value is -1.09. The van der Waals surface area contributed by atoms with Crippen molar-refractivity contribution < 1.29 is 5.11 Å². The van der Waals surface area contributed by atoms with E-state index in [1.165, 1.54) is 0 Å². The van der Waals surface area contributed by atoms with Gasteiger partial charge < -0.3 is 9.67 Å². The van der Waals surface area contributed by atoms with Crippen molar-refractivity contribution in [3.63, 3.8) is 0 Å². The monoisotopic (exact) mass is 194 g/mol. The topological polar surface area (TPSA) is 38.1 Å². The molecule has 1 N–H and O–H groups in total. The van der Waals surface area contributed by atoms with Gasteiger partial charge in [-0.3, -0.25) is 0 Å². The Balaban J connectivity index is 2.56. The Bertz CT molecular complexity index is 281. The Morgan fingerprint density at radius 2 is 2.50 bits per heavy atom. The van der Waals surface area contributed by atoms with Crippen LogP contribution in [-0.2, 0) is 13.0 Å². The highest BCUT2D eigenvalue weighted by Gasteiger charge is 2.08. The van der Waals surface area contributed by atoms with Gasteiger partial charge in [-0.05, 0) is 12.8 Å². The second kappa shape index (κ2) is 5.60. The zero-order chi connectivity index (χ0) is 10.4. The van der Waals surface area contributed by atoms with E-state index >= 15 is 0 Å². The lowest BCUT2D eigenvalue weighted by molar-refractivity contribution is 0.174. The molecule has 3 heteroatoms. The maximum atomic E-state index is 9.59. The summed E-state index contributed by atoms with van der Waals surface area (Å²) < 4.78 is 2.09. The molecule has 1 atom stereocenters. The molecular formula is C11H18N2O. The summed E-state index contributed by atoms with van der Waals surface area (Å²) in [4.78, 5) is 4.23. The minimum Gasteiger partial charge on any atom is -0.392 e. The van der Waals surface area contributed by atoms with Gasteiger partial charge in [0.1, 0.15) is 5.82 Å². The molecule has 1 aromatic heterocycles. The number of hydrogen-bond acceptors (Lipinski definition) is 2. The van der Waals surface area contributed by atoms with Crippen molar-refractivity contribution in [3.8, 4) is 0 Å². The molecule has 0 radical (unpaired) electrons. The highest BCUT2D eigenvalue weighted by Crippen LogP contribution is 2.05. The summed E-state index contributed by atoms with van der Waals surface area (Å²) >= 11 is 0. The molecule has 0 bridgehead atoms. The number of nitrogens with zero attached hydrogens (tertiary/aromatic N) is 2. The van der Waals surface area contributed by atoms with Gasteiger partial charge in [-0.25, -0.2) is 4.98 Å². The van der Waals surface area contributed by atoms with Crippen molar-refractivity contribution in [3.05, 3.63) is 30.9 Å². The lowest BCUT2D eigenvalue weighted by Gasteiger charge is -2.09. The molecule has 0 aliphatic rings. The van der Waals surface area contributed by atoms with Crippen LogP contribution in [0.1, 0.15) is 25.6 Å². The number of aromatic nitrogens is 2. The Morgan fingerprint density at radius 1 is 1.71 bits per heavy atom.